The van der Waals surface area contributed by atoms with E-state index in [-0.39, 0.29) is 24.3 Å². The monoisotopic (exact) mass is 313 g/mol. The number of nitrogens with zero attached hydrogens (tertiary/aromatic N) is 2. The molecule has 0 aromatic rings. The summed E-state index contributed by atoms with van der Waals surface area (Å²) in [6.45, 7) is 10.8. The Bertz CT molecular complexity index is 344. The minimum atomic E-state index is -0.390. The smallest absolute Gasteiger partial charge is 0.240 e. The van der Waals surface area contributed by atoms with Gasteiger partial charge in [-0.25, -0.2) is 0 Å². The zero-order chi connectivity index (χ0) is 16.4. The highest BCUT2D eigenvalue weighted by atomic mass is 16.5. The molecule has 1 fully saturated rings. The van der Waals surface area contributed by atoms with E-state index in [0.717, 1.165) is 32.5 Å². The van der Waals surface area contributed by atoms with Gasteiger partial charge in [0, 0.05) is 39.3 Å². The molecule has 1 atom stereocenters. The predicted molar refractivity (Wildman–Crippen MR) is 86.6 cm³/mol. The van der Waals surface area contributed by atoms with Gasteiger partial charge in [0.1, 0.15) is 0 Å². The van der Waals surface area contributed by atoms with Crippen LogP contribution < -0.4 is 5.32 Å². The van der Waals surface area contributed by atoms with Crippen molar-refractivity contribution < 1.29 is 14.3 Å². The molecule has 1 saturated heterocycles. The molecule has 0 radical (unpaired) electrons. The van der Waals surface area contributed by atoms with E-state index in [1.807, 2.05) is 11.8 Å². The third kappa shape index (κ3) is 5.93. The van der Waals surface area contributed by atoms with E-state index in [9.17, 15) is 9.59 Å². The Morgan fingerprint density at radius 3 is 2.59 bits per heavy atom. The Balaban J connectivity index is 2.52. The highest BCUT2D eigenvalue weighted by molar-refractivity contribution is 5.89. The van der Waals surface area contributed by atoms with Crippen molar-refractivity contribution in [2.75, 3.05) is 45.9 Å². The largest absolute Gasteiger partial charge is 0.380 e. The second-order valence-electron chi connectivity index (χ2n) is 5.61. The van der Waals surface area contributed by atoms with Gasteiger partial charge in [-0.3, -0.25) is 9.59 Å². The molecular weight excluding hydrogens is 282 g/mol. The molecule has 1 heterocycles. The zero-order valence-corrected chi connectivity index (χ0v) is 14.3. The quantitative estimate of drug-likeness (QED) is 0.608. The Labute approximate surface area is 134 Å². The fraction of sp³-hybridized carbons (Fsp3) is 0.875. The minimum Gasteiger partial charge on any atom is -0.380 e. The van der Waals surface area contributed by atoms with E-state index >= 15 is 0 Å². The average molecular weight is 313 g/mol. The molecule has 1 aliphatic heterocycles. The Morgan fingerprint density at radius 1 is 1.32 bits per heavy atom. The molecule has 0 aliphatic carbocycles. The molecule has 1 unspecified atom stereocenters. The van der Waals surface area contributed by atoms with Crippen LogP contribution in [0.5, 0.6) is 0 Å². The van der Waals surface area contributed by atoms with Crippen LogP contribution in [-0.4, -0.2) is 73.6 Å². The number of hydrogen-bond acceptors (Lipinski definition) is 4. The number of piperazine rings is 1. The highest BCUT2D eigenvalue weighted by Gasteiger charge is 2.30. The fourth-order valence-corrected chi connectivity index (χ4v) is 2.70. The lowest BCUT2D eigenvalue weighted by Gasteiger charge is -2.34. The molecule has 0 aromatic carbocycles. The molecule has 128 valence electrons. The molecular formula is C16H31N3O3. The van der Waals surface area contributed by atoms with E-state index in [0.29, 0.717) is 26.3 Å². The Hall–Kier alpha value is -1.14. The van der Waals surface area contributed by atoms with E-state index in [1.54, 1.807) is 4.90 Å². The third-order valence-corrected chi connectivity index (χ3v) is 3.81. The van der Waals surface area contributed by atoms with E-state index in [2.05, 4.69) is 19.2 Å². The summed E-state index contributed by atoms with van der Waals surface area (Å²) in [6.07, 6.45) is 2.14. The number of carbonyl (C=O) groups is 2. The molecule has 0 aromatic heterocycles. The summed E-state index contributed by atoms with van der Waals surface area (Å²) in [6, 6.07) is -0.390. The summed E-state index contributed by atoms with van der Waals surface area (Å²) in [5.74, 6) is 0.0912. The summed E-state index contributed by atoms with van der Waals surface area (Å²) >= 11 is 0. The van der Waals surface area contributed by atoms with Crippen molar-refractivity contribution in [1.82, 2.24) is 15.1 Å². The summed E-state index contributed by atoms with van der Waals surface area (Å²) in [5.41, 5.74) is 0. The van der Waals surface area contributed by atoms with Crippen molar-refractivity contribution in [2.24, 2.45) is 0 Å². The molecule has 2 amide bonds. The van der Waals surface area contributed by atoms with E-state index < -0.39 is 0 Å². The van der Waals surface area contributed by atoms with Gasteiger partial charge in [-0.15, -0.1) is 0 Å². The average Bonchev–Trinajstić information content (AvgIpc) is 2.51. The van der Waals surface area contributed by atoms with Crippen LogP contribution >= 0.6 is 0 Å². The van der Waals surface area contributed by atoms with Gasteiger partial charge in [0.15, 0.2) is 0 Å². The maximum atomic E-state index is 12.4. The van der Waals surface area contributed by atoms with Crippen molar-refractivity contribution in [3.8, 4) is 0 Å². The number of carbonyl (C=O) groups excluding carboxylic acids is 2. The minimum absolute atomic E-state index is 0.0206. The van der Waals surface area contributed by atoms with E-state index in [4.69, 9.17) is 4.74 Å². The first-order valence-corrected chi connectivity index (χ1v) is 8.51. The second-order valence-corrected chi connectivity index (χ2v) is 5.61. The van der Waals surface area contributed by atoms with Crippen molar-refractivity contribution in [3.05, 3.63) is 0 Å². The van der Waals surface area contributed by atoms with Crippen molar-refractivity contribution in [3.63, 3.8) is 0 Å². The summed E-state index contributed by atoms with van der Waals surface area (Å²) in [4.78, 5) is 28.5. The molecule has 1 aliphatic rings. The number of rotatable bonds is 10. The molecule has 6 heteroatoms. The maximum absolute atomic E-state index is 12.4. The lowest BCUT2D eigenvalue weighted by atomic mass is 10.1. The van der Waals surface area contributed by atoms with Gasteiger partial charge >= 0.3 is 0 Å². The maximum Gasteiger partial charge on any atom is 0.240 e. The molecule has 1 rings (SSSR count). The summed E-state index contributed by atoms with van der Waals surface area (Å²) in [7, 11) is 0. The highest BCUT2D eigenvalue weighted by Crippen LogP contribution is 2.08. The van der Waals surface area contributed by atoms with Crippen LogP contribution in [0.15, 0.2) is 0 Å². The van der Waals surface area contributed by atoms with Gasteiger partial charge in [0.05, 0.1) is 19.1 Å². The van der Waals surface area contributed by atoms with Crippen molar-refractivity contribution in [1.29, 1.82) is 0 Å². The van der Waals surface area contributed by atoms with E-state index in [1.165, 1.54) is 0 Å². The molecule has 0 saturated carbocycles. The van der Waals surface area contributed by atoms with Gasteiger partial charge < -0.3 is 19.9 Å². The second kappa shape index (κ2) is 10.6. The number of nitrogens with one attached hydrogen (secondary N) is 1. The third-order valence-electron chi connectivity index (χ3n) is 3.81. The van der Waals surface area contributed by atoms with Gasteiger partial charge in [0.25, 0.3) is 0 Å². The first-order chi connectivity index (χ1) is 10.6. The van der Waals surface area contributed by atoms with Crippen LogP contribution in [0.1, 0.15) is 40.0 Å². The van der Waals surface area contributed by atoms with Crippen LogP contribution in [0.4, 0.5) is 0 Å². The lowest BCUT2D eigenvalue weighted by molar-refractivity contribution is -0.141. The topological polar surface area (TPSA) is 61.9 Å². The summed E-state index contributed by atoms with van der Waals surface area (Å²) < 4.78 is 5.31. The fourth-order valence-electron chi connectivity index (χ4n) is 2.70. The zero-order valence-electron chi connectivity index (χ0n) is 14.3. The first-order valence-electron chi connectivity index (χ1n) is 8.51. The molecule has 0 bridgehead atoms. The van der Waals surface area contributed by atoms with Crippen LogP contribution in [-0.2, 0) is 14.3 Å². The molecule has 22 heavy (non-hydrogen) atoms. The SMILES string of the molecule is CCCN(CCC)C(=O)CC1NCCN(CCOCC)C1=O. The van der Waals surface area contributed by atoms with Crippen LogP contribution in [0.3, 0.4) is 0 Å². The van der Waals surface area contributed by atoms with Gasteiger partial charge in [0.2, 0.25) is 11.8 Å². The Morgan fingerprint density at radius 2 is 2.00 bits per heavy atom. The molecule has 0 spiro atoms. The van der Waals surface area contributed by atoms with Gasteiger partial charge in [-0.2, -0.15) is 0 Å². The first kappa shape index (κ1) is 18.9. The number of hydrogen-bond donors (Lipinski definition) is 1. The normalized spacial score (nSPS) is 18.6. The van der Waals surface area contributed by atoms with Crippen LogP contribution in [0, 0.1) is 0 Å². The number of ether oxygens (including phenoxy) is 1. The predicted octanol–water partition coefficient (Wildman–Crippen LogP) is 0.862. The van der Waals surface area contributed by atoms with Crippen molar-refractivity contribution in [2.45, 2.75) is 46.1 Å². The molecule has 1 N–H and O–H groups in total. The van der Waals surface area contributed by atoms with Crippen molar-refractivity contribution >= 4 is 11.8 Å². The van der Waals surface area contributed by atoms with Crippen LogP contribution in [0.2, 0.25) is 0 Å². The molecule has 6 nitrogen and oxygen atoms in total. The lowest BCUT2D eigenvalue weighted by Crippen LogP contribution is -2.57. The van der Waals surface area contributed by atoms with Gasteiger partial charge in [-0.05, 0) is 19.8 Å². The Kier molecular flexibility index (Phi) is 9.08. The summed E-state index contributed by atoms with van der Waals surface area (Å²) in [5, 5.41) is 3.18. The number of amides is 2. The van der Waals surface area contributed by atoms with Gasteiger partial charge in [-0.1, -0.05) is 13.8 Å². The standard InChI is InChI=1S/C16H31N3O3/c1-4-8-18(9-5-2)15(20)13-14-16(21)19(10-7-17-14)11-12-22-6-3/h14,17H,4-13H2,1-3H3. The van der Waals surface area contributed by atoms with Crippen LogP contribution in [0.25, 0.3) is 0 Å².